The van der Waals surface area contributed by atoms with Gasteiger partial charge < -0.3 is 10.1 Å². The SMILES string of the molecule is COc1ccc(C)cc1S(=O)(=O)NCCNc1cc(-n2ccc(C)n2)ncn1. The maximum Gasteiger partial charge on any atom is 0.244 e. The molecule has 0 amide bonds. The Hall–Kier alpha value is -2.98. The first-order valence-corrected chi connectivity index (χ1v) is 10.1. The van der Waals surface area contributed by atoms with Crippen molar-refractivity contribution in [2.45, 2.75) is 18.7 Å². The molecule has 148 valence electrons. The first-order chi connectivity index (χ1) is 13.4. The zero-order valence-electron chi connectivity index (χ0n) is 15.9. The Morgan fingerprint density at radius 2 is 1.93 bits per heavy atom. The molecule has 9 nitrogen and oxygen atoms in total. The summed E-state index contributed by atoms with van der Waals surface area (Å²) < 4.78 is 34.5. The highest BCUT2D eigenvalue weighted by Gasteiger charge is 2.19. The van der Waals surface area contributed by atoms with E-state index in [2.05, 4.69) is 25.1 Å². The van der Waals surface area contributed by atoms with Crippen LogP contribution >= 0.6 is 0 Å². The van der Waals surface area contributed by atoms with Gasteiger partial charge in [-0.3, -0.25) is 0 Å². The number of hydrogen-bond donors (Lipinski definition) is 2. The van der Waals surface area contributed by atoms with Gasteiger partial charge in [-0.15, -0.1) is 0 Å². The molecule has 0 saturated carbocycles. The summed E-state index contributed by atoms with van der Waals surface area (Å²) in [7, 11) is -2.25. The van der Waals surface area contributed by atoms with Crippen LogP contribution in [-0.4, -0.2) is 48.4 Å². The first-order valence-electron chi connectivity index (χ1n) is 8.62. The number of hydrogen-bond acceptors (Lipinski definition) is 7. The number of anilines is 1. The molecular formula is C18H22N6O3S. The van der Waals surface area contributed by atoms with E-state index >= 15 is 0 Å². The zero-order valence-corrected chi connectivity index (χ0v) is 16.7. The van der Waals surface area contributed by atoms with Crippen molar-refractivity contribution < 1.29 is 13.2 Å². The van der Waals surface area contributed by atoms with E-state index in [0.29, 0.717) is 23.9 Å². The van der Waals surface area contributed by atoms with Crippen molar-refractivity contribution in [2.24, 2.45) is 0 Å². The lowest BCUT2D eigenvalue weighted by Crippen LogP contribution is -2.29. The fourth-order valence-electron chi connectivity index (χ4n) is 2.56. The summed E-state index contributed by atoms with van der Waals surface area (Å²) in [6.07, 6.45) is 3.24. The van der Waals surface area contributed by atoms with Crippen molar-refractivity contribution in [1.82, 2.24) is 24.5 Å². The molecule has 2 aromatic heterocycles. The highest BCUT2D eigenvalue weighted by atomic mass is 32.2. The third-order valence-electron chi connectivity index (χ3n) is 3.94. The van der Waals surface area contributed by atoms with Gasteiger partial charge in [0.05, 0.1) is 12.8 Å². The van der Waals surface area contributed by atoms with Gasteiger partial charge in [-0.2, -0.15) is 5.10 Å². The minimum absolute atomic E-state index is 0.119. The second-order valence-electron chi connectivity index (χ2n) is 6.14. The Balaban J connectivity index is 1.61. The van der Waals surface area contributed by atoms with Crippen molar-refractivity contribution in [3.8, 4) is 11.6 Å². The molecule has 0 aliphatic heterocycles. The Labute approximate surface area is 163 Å². The molecule has 10 heteroatoms. The van der Waals surface area contributed by atoms with Crippen LogP contribution in [0.5, 0.6) is 5.75 Å². The molecule has 0 aliphatic carbocycles. The largest absolute Gasteiger partial charge is 0.495 e. The molecule has 0 atom stereocenters. The van der Waals surface area contributed by atoms with Crippen LogP contribution in [-0.2, 0) is 10.0 Å². The number of sulfonamides is 1. The summed E-state index contributed by atoms with van der Waals surface area (Å²) >= 11 is 0. The molecule has 0 spiro atoms. The number of rotatable bonds is 8. The molecular weight excluding hydrogens is 380 g/mol. The highest BCUT2D eigenvalue weighted by molar-refractivity contribution is 7.89. The van der Waals surface area contributed by atoms with Gasteiger partial charge in [0.2, 0.25) is 10.0 Å². The molecule has 1 aromatic carbocycles. The summed E-state index contributed by atoms with van der Waals surface area (Å²) in [4.78, 5) is 8.44. The number of nitrogens with one attached hydrogen (secondary N) is 2. The molecule has 28 heavy (non-hydrogen) atoms. The Bertz CT molecular complexity index is 1060. The first kappa shape index (κ1) is 19.8. The van der Waals surface area contributed by atoms with Crippen molar-refractivity contribution in [1.29, 1.82) is 0 Å². The summed E-state index contributed by atoms with van der Waals surface area (Å²) in [5.74, 6) is 1.50. The monoisotopic (exact) mass is 402 g/mol. The predicted molar refractivity (Wildman–Crippen MR) is 105 cm³/mol. The van der Waals surface area contributed by atoms with E-state index in [-0.39, 0.29) is 11.4 Å². The van der Waals surface area contributed by atoms with Gasteiger partial charge >= 0.3 is 0 Å². The Morgan fingerprint density at radius 3 is 2.64 bits per heavy atom. The van der Waals surface area contributed by atoms with E-state index in [1.54, 1.807) is 28.9 Å². The maximum atomic E-state index is 12.6. The van der Waals surface area contributed by atoms with Gasteiger partial charge in [0.1, 0.15) is 22.8 Å². The van der Waals surface area contributed by atoms with Gasteiger partial charge in [0.15, 0.2) is 5.82 Å². The predicted octanol–water partition coefficient (Wildman–Crippen LogP) is 1.68. The van der Waals surface area contributed by atoms with E-state index in [1.165, 1.54) is 13.4 Å². The highest BCUT2D eigenvalue weighted by Crippen LogP contribution is 2.24. The lowest BCUT2D eigenvalue weighted by molar-refractivity contribution is 0.402. The number of nitrogens with zero attached hydrogens (tertiary/aromatic N) is 4. The van der Waals surface area contributed by atoms with Crippen LogP contribution < -0.4 is 14.8 Å². The maximum absolute atomic E-state index is 12.6. The van der Waals surface area contributed by atoms with Crippen molar-refractivity contribution in [2.75, 3.05) is 25.5 Å². The molecule has 0 radical (unpaired) electrons. The Morgan fingerprint density at radius 1 is 1.11 bits per heavy atom. The number of aromatic nitrogens is 4. The van der Waals surface area contributed by atoms with E-state index < -0.39 is 10.0 Å². The van der Waals surface area contributed by atoms with E-state index in [1.807, 2.05) is 26.1 Å². The van der Waals surface area contributed by atoms with Crippen molar-refractivity contribution >= 4 is 15.8 Å². The van der Waals surface area contributed by atoms with Crippen LogP contribution in [0.25, 0.3) is 5.82 Å². The molecule has 0 saturated heterocycles. The minimum atomic E-state index is -3.69. The second kappa shape index (κ2) is 8.36. The average Bonchev–Trinajstić information content (AvgIpc) is 3.12. The molecule has 3 rings (SSSR count). The quantitative estimate of drug-likeness (QED) is 0.552. The average molecular weight is 402 g/mol. The summed E-state index contributed by atoms with van der Waals surface area (Å²) in [5, 5.41) is 7.38. The van der Waals surface area contributed by atoms with Crippen LogP contribution in [0, 0.1) is 13.8 Å². The topological polar surface area (TPSA) is 111 Å². The lowest BCUT2D eigenvalue weighted by atomic mass is 10.2. The van der Waals surface area contributed by atoms with Crippen LogP contribution in [0.15, 0.2) is 47.8 Å². The van der Waals surface area contributed by atoms with Crippen LogP contribution in [0.2, 0.25) is 0 Å². The standard InChI is InChI=1S/C18H22N6O3S/c1-13-4-5-15(27-3)16(10-13)28(25,26)22-8-7-19-17-11-18(21-12-20-17)24-9-6-14(2)23-24/h4-6,9-12,22H,7-8H2,1-3H3,(H,19,20,21). The molecule has 2 heterocycles. The molecule has 0 unspecified atom stereocenters. The molecule has 0 bridgehead atoms. The van der Waals surface area contributed by atoms with Gasteiger partial charge in [0.25, 0.3) is 0 Å². The number of methoxy groups -OCH3 is 1. The summed E-state index contributed by atoms with van der Waals surface area (Å²) in [6.45, 7) is 4.25. The molecule has 2 N–H and O–H groups in total. The van der Waals surface area contributed by atoms with Crippen LogP contribution in [0.4, 0.5) is 5.82 Å². The van der Waals surface area contributed by atoms with Gasteiger partial charge in [-0.1, -0.05) is 6.07 Å². The normalized spacial score (nSPS) is 11.4. The molecule has 3 aromatic rings. The third-order valence-corrected chi connectivity index (χ3v) is 5.42. The van der Waals surface area contributed by atoms with E-state index in [0.717, 1.165) is 11.3 Å². The number of aryl methyl sites for hydroxylation is 2. The van der Waals surface area contributed by atoms with Crippen molar-refractivity contribution in [3.63, 3.8) is 0 Å². The molecule has 0 aliphatic rings. The third kappa shape index (κ3) is 4.65. The van der Waals surface area contributed by atoms with E-state index in [9.17, 15) is 8.42 Å². The summed E-state index contributed by atoms with van der Waals surface area (Å²) in [5.41, 5.74) is 1.72. The fraction of sp³-hybridized carbons (Fsp3) is 0.278. The molecule has 0 fully saturated rings. The number of ether oxygens (including phenoxy) is 1. The van der Waals surface area contributed by atoms with E-state index in [4.69, 9.17) is 4.74 Å². The zero-order chi connectivity index (χ0) is 20.1. The lowest BCUT2D eigenvalue weighted by Gasteiger charge is -2.12. The smallest absolute Gasteiger partial charge is 0.244 e. The van der Waals surface area contributed by atoms with Gasteiger partial charge in [-0.25, -0.2) is 27.8 Å². The minimum Gasteiger partial charge on any atom is -0.495 e. The second-order valence-corrected chi connectivity index (χ2v) is 7.88. The van der Waals surface area contributed by atoms with Crippen LogP contribution in [0.1, 0.15) is 11.3 Å². The summed E-state index contributed by atoms with van der Waals surface area (Å²) in [6, 6.07) is 8.64. The fourth-order valence-corrected chi connectivity index (χ4v) is 3.84. The van der Waals surface area contributed by atoms with Gasteiger partial charge in [-0.05, 0) is 37.6 Å². The van der Waals surface area contributed by atoms with Crippen LogP contribution in [0.3, 0.4) is 0 Å². The van der Waals surface area contributed by atoms with Crippen molar-refractivity contribution in [3.05, 3.63) is 54.1 Å². The Kier molecular flexibility index (Phi) is 5.90. The van der Waals surface area contributed by atoms with Gasteiger partial charge in [0, 0.05) is 25.4 Å². The number of benzene rings is 1.